The first kappa shape index (κ1) is 15.0. The first-order valence-corrected chi connectivity index (χ1v) is 7.40. The van der Waals surface area contributed by atoms with Crippen LogP contribution in [0.1, 0.15) is 25.5 Å². The Bertz CT molecular complexity index is 599. The summed E-state index contributed by atoms with van der Waals surface area (Å²) in [5.41, 5.74) is 8.79. The van der Waals surface area contributed by atoms with Crippen molar-refractivity contribution in [2.24, 2.45) is 5.73 Å². The lowest BCUT2D eigenvalue weighted by Crippen LogP contribution is -2.17. The zero-order valence-electron chi connectivity index (χ0n) is 11.6. The van der Waals surface area contributed by atoms with Gasteiger partial charge in [0.05, 0.1) is 5.69 Å². The third kappa shape index (κ3) is 3.19. The van der Waals surface area contributed by atoms with Gasteiger partial charge in [-0.2, -0.15) is 0 Å². The molecule has 1 atom stereocenters. The largest absolute Gasteiger partial charge is 0.341 e. The topological polar surface area (TPSA) is 29.3 Å². The highest BCUT2D eigenvalue weighted by atomic mass is 79.9. The van der Waals surface area contributed by atoms with Crippen molar-refractivity contribution in [2.45, 2.75) is 19.9 Å². The van der Waals surface area contributed by atoms with E-state index in [2.05, 4.69) is 20.8 Å². The van der Waals surface area contributed by atoms with Crippen LogP contribution in [0.3, 0.4) is 0 Å². The summed E-state index contributed by atoms with van der Waals surface area (Å²) in [6.07, 6.45) is 0. The van der Waals surface area contributed by atoms with E-state index >= 15 is 0 Å². The molecule has 2 aromatic carbocycles. The van der Waals surface area contributed by atoms with E-state index in [4.69, 9.17) is 5.73 Å². The van der Waals surface area contributed by atoms with Crippen LogP contribution in [0.15, 0.2) is 46.9 Å². The van der Waals surface area contributed by atoms with Gasteiger partial charge in [0.1, 0.15) is 5.82 Å². The van der Waals surface area contributed by atoms with Crippen molar-refractivity contribution in [1.29, 1.82) is 0 Å². The monoisotopic (exact) mass is 336 g/mol. The van der Waals surface area contributed by atoms with E-state index in [1.165, 1.54) is 12.1 Å². The van der Waals surface area contributed by atoms with Crippen LogP contribution >= 0.6 is 15.9 Å². The minimum Gasteiger partial charge on any atom is -0.341 e. The molecule has 2 nitrogen and oxygen atoms in total. The van der Waals surface area contributed by atoms with E-state index < -0.39 is 0 Å². The van der Waals surface area contributed by atoms with Crippen LogP contribution in [0, 0.1) is 5.82 Å². The Labute approximate surface area is 127 Å². The fourth-order valence-corrected chi connectivity index (χ4v) is 2.77. The highest BCUT2D eigenvalue weighted by Crippen LogP contribution is 2.33. The van der Waals surface area contributed by atoms with Crippen LogP contribution in [0.4, 0.5) is 15.8 Å². The van der Waals surface area contributed by atoms with E-state index in [1.54, 1.807) is 6.07 Å². The Morgan fingerprint density at radius 3 is 2.55 bits per heavy atom. The lowest BCUT2D eigenvalue weighted by molar-refractivity contribution is 0.627. The Hall–Kier alpha value is -1.39. The summed E-state index contributed by atoms with van der Waals surface area (Å²) in [7, 11) is 0. The SMILES string of the molecule is CCN(c1cccc(F)c1)c1ccc([C@H](C)N)cc1Br. The summed E-state index contributed by atoms with van der Waals surface area (Å²) >= 11 is 3.58. The molecule has 0 spiro atoms. The standard InChI is InChI=1S/C16H18BrFN2/c1-3-20(14-6-4-5-13(18)10-14)16-8-7-12(11(2)19)9-15(16)17/h4-11H,3,19H2,1-2H3/t11-/m0/s1. The number of rotatable bonds is 4. The second-order valence-corrected chi connectivity index (χ2v) is 5.58. The molecule has 2 rings (SSSR count). The van der Waals surface area contributed by atoms with Crippen LogP contribution in [-0.4, -0.2) is 6.54 Å². The van der Waals surface area contributed by atoms with Gasteiger partial charge in [0, 0.05) is 22.7 Å². The first-order valence-electron chi connectivity index (χ1n) is 6.61. The predicted molar refractivity (Wildman–Crippen MR) is 85.8 cm³/mol. The number of benzene rings is 2. The smallest absolute Gasteiger partial charge is 0.125 e. The van der Waals surface area contributed by atoms with E-state index in [1.807, 2.05) is 38.1 Å². The number of hydrogen-bond acceptors (Lipinski definition) is 2. The first-order chi connectivity index (χ1) is 9.52. The molecule has 0 unspecified atom stereocenters. The molecule has 0 amide bonds. The normalized spacial score (nSPS) is 12.2. The third-order valence-electron chi connectivity index (χ3n) is 3.22. The number of nitrogens with two attached hydrogens (primary N) is 1. The fraction of sp³-hybridized carbons (Fsp3) is 0.250. The summed E-state index contributed by atoms with van der Waals surface area (Å²) in [6.45, 7) is 4.74. The Balaban J connectivity index is 2.42. The minimum absolute atomic E-state index is 0.00963. The second-order valence-electron chi connectivity index (χ2n) is 4.72. The molecule has 0 aliphatic carbocycles. The summed E-state index contributed by atoms with van der Waals surface area (Å²) in [4.78, 5) is 2.05. The quantitative estimate of drug-likeness (QED) is 0.871. The molecule has 0 saturated carbocycles. The molecule has 0 fully saturated rings. The van der Waals surface area contributed by atoms with Gasteiger partial charge in [0.15, 0.2) is 0 Å². The lowest BCUT2D eigenvalue weighted by Gasteiger charge is -2.25. The second kappa shape index (κ2) is 6.37. The maximum absolute atomic E-state index is 13.4. The van der Waals surface area contributed by atoms with Crippen molar-refractivity contribution >= 4 is 27.3 Å². The molecule has 106 valence electrons. The summed E-state index contributed by atoms with van der Waals surface area (Å²) in [6, 6.07) is 12.6. The fourth-order valence-electron chi connectivity index (χ4n) is 2.16. The van der Waals surface area contributed by atoms with Crippen LogP contribution in [0.2, 0.25) is 0 Å². The third-order valence-corrected chi connectivity index (χ3v) is 3.86. The molecule has 0 bridgehead atoms. The molecule has 0 heterocycles. The number of hydrogen-bond donors (Lipinski definition) is 1. The maximum Gasteiger partial charge on any atom is 0.125 e. The minimum atomic E-state index is -0.232. The van der Waals surface area contributed by atoms with Gasteiger partial charge in [-0.25, -0.2) is 4.39 Å². The molecule has 20 heavy (non-hydrogen) atoms. The predicted octanol–water partition coefficient (Wildman–Crippen LogP) is 4.77. The average Bonchev–Trinajstić information content (AvgIpc) is 2.41. The molecule has 0 aliphatic heterocycles. The molecule has 4 heteroatoms. The number of nitrogens with zero attached hydrogens (tertiary/aromatic N) is 1. The molecule has 2 N–H and O–H groups in total. The number of halogens is 2. The highest BCUT2D eigenvalue weighted by Gasteiger charge is 2.12. The van der Waals surface area contributed by atoms with Crippen molar-refractivity contribution in [3.63, 3.8) is 0 Å². The molecule has 0 aliphatic rings. The van der Waals surface area contributed by atoms with Gasteiger partial charge in [-0.15, -0.1) is 0 Å². The average molecular weight is 337 g/mol. The van der Waals surface area contributed by atoms with E-state index in [0.29, 0.717) is 0 Å². The highest BCUT2D eigenvalue weighted by molar-refractivity contribution is 9.10. The summed E-state index contributed by atoms with van der Waals surface area (Å²) in [5.74, 6) is -0.232. The van der Waals surface area contributed by atoms with Gasteiger partial charge in [0.25, 0.3) is 0 Å². The van der Waals surface area contributed by atoms with E-state index in [0.717, 1.165) is 28.0 Å². The van der Waals surface area contributed by atoms with Crippen LogP contribution in [0.5, 0.6) is 0 Å². The van der Waals surface area contributed by atoms with Crippen molar-refractivity contribution < 1.29 is 4.39 Å². The van der Waals surface area contributed by atoms with Crippen molar-refractivity contribution in [2.75, 3.05) is 11.4 Å². The zero-order valence-corrected chi connectivity index (χ0v) is 13.2. The van der Waals surface area contributed by atoms with Crippen LogP contribution in [-0.2, 0) is 0 Å². The van der Waals surface area contributed by atoms with Gasteiger partial charge in [0.2, 0.25) is 0 Å². The molecule has 0 radical (unpaired) electrons. The van der Waals surface area contributed by atoms with Gasteiger partial charge in [-0.05, 0) is 65.7 Å². The van der Waals surface area contributed by atoms with Gasteiger partial charge in [-0.1, -0.05) is 12.1 Å². The molecule has 0 aromatic heterocycles. The Kier molecular flexibility index (Phi) is 4.78. The van der Waals surface area contributed by atoms with Gasteiger partial charge in [-0.3, -0.25) is 0 Å². The lowest BCUT2D eigenvalue weighted by atomic mass is 10.1. The van der Waals surface area contributed by atoms with E-state index in [9.17, 15) is 4.39 Å². The van der Waals surface area contributed by atoms with Gasteiger partial charge >= 0.3 is 0 Å². The van der Waals surface area contributed by atoms with Crippen LogP contribution in [0.25, 0.3) is 0 Å². The molecule has 0 saturated heterocycles. The van der Waals surface area contributed by atoms with E-state index in [-0.39, 0.29) is 11.9 Å². The number of anilines is 2. The Morgan fingerprint density at radius 2 is 2.00 bits per heavy atom. The Morgan fingerprint density at radius 1 is 1.25 bits per heavy atom. The van der Waals surface area contributed by atoms with Gasteiger partial charge < -0.3 is 10.6 Å². The molecule has 2 aromatic rings. The van der Waals surface area contributed by atoms with Crippen molar-refractivity contribution in [3.05, 3.63) is 58.3 Å². The zero-order chi connectivity index (χ0) is 14.7. The molecular formula is C16H18BrFN2. The molecular weight excluding hydrogens is 319 g/mol. The van der Waals surface area contributed by atoms with Crippen LogP contribution < -0.4 is 10.6 Å². The van der Waals surface area contributed by atoms with Crippen molar-refractivity contribution in [1.82, 2.24) is 0 Å². The summed E-state index contributed by atoms with van der Waals surface area (Å²) in [5, 5.41) is 0. The van der Waals surface area contributed by atoms with Crippen molar-refractivity contribution in [3.8, 4) is 0 Å². The maximum atomic E-state index is 13.4. The summed E-state index contributed by atoms with van der Waals surface area (Å²) < 4.78 is 14.4.